The number of nitrogens with one attached hydrogen (secondary N) is 1. The number of hydrogen-bond acceptors (Lipinski definition) is 2. The van der Waals surface area contributed by atoms with Crippen LogP contribution in [0.2, 0.25) is 0 Å². The van der Waals surface area contributed by atoms with Gasteiger partial charge in [-0.2, -0.15) is 5.10 Å². The van der Waals surface area contributed by atoms with Gasteiger partial charge >= 0.3 is 0 Å². The van der Waals surface area contributed by atoms with Crippen molar-refractivity contribution in [2.75, 3.05) is 0 Å². The Kier molecular flexibility index (Phi) is 2.74. The van der Waals surface area contributed by atoms with Crippen molar-refractivity contribution in [3.8, 4) is 5.69 Å². The van der Waals surface area contributed by atoms with E-state index in [1.807, 2.05) is 24.7 Å². The Morgan fingerprint density at radius 3 is 2.95 bits per heavy atom. The van der Waals surface area contributed by atoms with Crippen LogP contribution in [0, 0.1) is 10.6 Å². The molecule has 3 rings (SSSR count). The van der Waals surface area contributed by atoms with Gasteiger partial charge in [0, 0.05) is 19.3 Å². The number of aryl methyl sites for hydroxylation is 2. The maximum atomic E-state index is 13.4. The van der Waals surface area contributed by atoms with Crippen molar-refractivity contribution < 1.29 is 4.39 Å². The summed E-state index contributed by atoms with van der Waals surface area (Å²) in [7, 11) is 1.86. The number of imidazole rings is 1. The molecule has 0 aliphatic heterocycles. The zero-order valence-electron chi connectivity index (χ0n) is 10.6. The lowest BCUT2D eigenvalue weighted by molar-refractivity contribution is 0.629. The lowest BCUT2D eigenvalue weighted by Crippen LogP contribution is -1.97. The highest BCUT2D eigenvalue weighted by atomic mass is 32.1. The molecule has 0 aliphatic rings. The van der Waals surface area contributed by atoms with Crippen LogP contribution in [0.3, 0.4) is 0 Å². The maximum absolute atomic E-state index is 13.4. The van der Waals surface area contributed by atoms with Crippen LogP contribution in [0.4, 0.5) is 4.39 Å². The molecule has 0 radical (unpaired) electrons. The summed E-state index contributed by atoms with van der Waals surface area (Å²) in [4.78, 5) is 3.09. The van der Waals surface area contributed by atoms with Gasteiger partial charge in [0.15, 0.2) is 4.77 Å². The van der Waals surface area contributed by atoms with Crippen molar-refractivity contribution >= 4 is 23.3 Å². The summed E-state index contributed by atoms with van der Waals surface area (Å²) in [5.41, 5.74) is 3.38. The Morgan fingerprint density at radius 1 is 1.42 bits per heavy atom. The van der Waals surface area contributed by atoms with Crippen molar-refractivity contribution in [1.29, 1.82) is 0 Å². The van der Waals surface area contributed by atoms with E-state index in [-0.39, 0.29) is 5.82 Å². The first-order valence-corrected chi connectivity index (χ1v) is 6.44. The van der Waals surface area contributed by atoms with Crippen molar-refractivity contribution in [3.05, 3.63) is 40.7 Å². The molecule has 2 aromatic heterocycles. The molecule has 0 unspecified atom stereocenters. The highest BCUT2D eigenvalue weighted by Gasteiger charge is 2.13. The zero-order chi connectivity index (χ0) is 13.6. The average Bonchev–Trinajstić information content (AvgIpc) is 2.88. The van der Waals surface area contributed by atoms with Gasteiger partial charge in [-0.15, -0.1) is 0 Å². The molecular weight excluding hydrogens is 263 g/mol. The van der Waals surface area contributed by atoms with Crippen LogP contribution in [-0.4, -0.2) is 19.3 Å². The van der Waals surface area contributed by atoms with Crippen LogP contribution in [0.25, 0.3) is 16.7 Å². The van der Waals surface area contributed by atoms with Gasteiger partial charge in [0.25, 0.3) is 0 Å². The summed E-state index contributed by atoms with van der Waals surface area (Å²) in [5, 5.41) is 4.40. The molecule has 6 heteroatoms. The van der Waals surface area contributed by atoms with E-state index >= 15 is 0 Å². The molecule has 0 bridgehead atoms. The minimum absolute atomic E-state index is 0.280. The van der Waals surface area contributed by atoms with Crippen LogP contribution in [0.1, 0.15) is 12.6 Å². The van der Waals surface area contributed by atoms with Crippen LogP contribution in [0.5, 0.6) is 0 Å². The van der Waals surface area contributed by atoms with Crippen LogP contribution in [-0.2, 0) is 13.5 Å². The average molecular weight is 276 g/mol. The van der Waals surface area contributed by atoms with E-state index < -0.39 is 0 Å². The molecule has 1 N–H and O–H groups in total. The molecule has 1 aromatic carbocycles. The normalized spacial score (nSPS) is 11.3. The Labute approximate surface area is 114 Å². The minimum Gasteiger partial charge on any atom is -0.330 e. The van der Waals surface area contributed by atoms with E-state index in [0.29, 0.717) is 4.77 Å². The Morgan fingerprint density at radius 2 is 2.21 bits per heavy atom. The third kappa shape index (κ3) is 1.88. The van der Waals surface area contributed by atoms with Crippen molar-refractivity contribution in [2.45, 2.75) is 13.3 Å². The number of aromatic nitrogens is 4. The molecular formula is C13H13FN4S. The number of H-pyrrole nitrogens is 1. The van der Waals surface area contributed by atoms with E-state index in [2.05, 4.69) is 10.1 Å². The molecule has 4 nitrogen and oxygen atoms in total. The van der Waals surface area contributed by atoms with Crippen molar-refractivity contribution in [3.63, 3.8) is 0 Å². The molecule has 3 aromatic rings. The predicted octanol–water partition coefficient (Wildman–Crippen LogP) is 3.12. The first-order valence-electron chi connectivity index (χ1n) is 6.03. The van der Waals surface area contributed by atoms with E-state index in [9.17, 15) is 4.39 Å². The summed E-state index contributed by atoms with van der Waals surface area (Å²) in [6.07, 6.45) is 2.69. The van der Waals surface area contributed by atoms with Crippen molar-refractivity contribution in [2.24, 2.45) is 7.05 Å². The molecule has 0 saturated carbocycles. The first-order chi connectivity index (χ1) is 9.10. The largest absolute Gasteiger partial charge is 0.330 e. The molecule has 98 valence electrons. The SMILES string of the molecule is CCc1nn(C)cc1-n1c(=S)[nH]c2ccc(F)cc21. The molecule has 0 aliphatic carbocycles. The van der Waals surface area contributed by atoms with Crippen molar-refractivity contribution in [1.82, 2.24) is 19.3 Å². The summed E-state index contributed by atoms with van der Waals surface area (Å²) in [6, 6.07) is 4.59. The van der Waals surface area contributed by atoms with E-state index in [4.69, 9.17) is 12.2 Å². The lowest BCUT2D eigenvalue weighted by atomic mass is 10.2. The van der Waals surface area contributed by atoms with Crippen LogP contribution in [0.15, 0.2) is 24.4 Å². The fourth-order valence-corrected chi connectivity index (χ4v) is 2.58. The van der Waals surface area contributed by atoms with Crippen LogP contribution < -0.4 is 0 Å². The standard InChI is InChI=1S/C13H13FN4S/c1-3-9-12(7-17(2)16-9)18-11-6-8(14)4-5-10(11)15-13(18)19/h4-7H,3H2,1-2H3,(H,15,19). The monoisotopic (exact) mass is 276 g/mol. The first kappa shape index (κ1) is 12.1. The number of halogens is 1. The fourth-order valence-electron chi connectivity index (χ4n) is 2.28. The fraction of sp³-hybridized carbons (Fsp3) is 0.231. The Bertz CT molecular complexity index is 812. The van der Waals surface area contributed by atoms with Gasteiger partial charge in [0.2, 0.25) is 0 Å². The Balaban J connectivity index is 2.38. The molecule has 0 fully saturated rings. The molecule has 0 spiro atoms. The van der Waals surface area contributed by atoms with Gasteiger partial charge in [-0.3, -0.25) is 9.25 Å². The topological polar surface area (TPSA) is 38.5 Å². The summed E-state index contributed by atoms with van der Waals surface area (Å²) in [5.74, 6) is -0.280. The highest BCUT2D eigenvalue weighted by molar-refractivity contribution is 7.71. The number of fused-ring (bicyclic) bond motifs is 1. The zero-order valence-corrected chi connectivity index (χ0v) is 11.5. The molecule has 0 atom stereocenters. The quantitative estimate of drug-likeness (QED) is 0.730. The smallest absolute Gasteiger partial charge is 0.182 e. The number of rotatable bonds is 2. The van der Waals surface area contributed by atoms with E-state index in [1.165, 1.54) is 12.1 Å². The molecule has 2 heterocycles. The van der Waals surface area contributed by atoms with Gasteiger partial charge in [-0.25, -0.2) is 4.39 Å². The number of aromatic amines is 1. The predicted molar refractivity (Wildman–Crippen MR) is 74.6 cm³/mol. The number of benzene rings is 1. The van der Waals surface area contributed by atoms with Crippen LogP contribution >= 0.6 is 12.2 Å². The summed E-state index contributed by atoms with van der Waals surface area (Å²) >= 11 is 5.34. The third-order valence-electron chi connectivity index (χ3n) is 3.10. The van der Waals surface area contributed by atoms with Gasteiger partial charge < -0.3 is 4.98 Å². The second-order valence-electron chi connectivity index (χ2n) is 4.42. The summed E-state index contributed by atoms with van der Waals surface area (Å²) in [6.45, 7) is 2.03. The Hall–Kier alpha value is -1.95. The highest BCUT2D eigenvalue weighted by Crippen LogP contribution is 2.22. The third-order valence-corrected chi connectivity index (χ3v) is 3.39. The second-order valence-corrected chi connectivity index (χ2v) is 4.80. The van der Waals surface area contributed by atoms with Gasteiger partial charge in [-0.1, -0.05) is 6.92 Å². The van der Waals surface area contributed by atoms with E-state index in [0.717, 1.165) is 28.8 Å². The lowest BCUT2D eigenvalue weighted by Gasteiger charge is -2.03. The summed E-state index contributed by atoms with van der Waals surface area (Å²) < 4.78 is 17.6. The number of hydrogen-bond donors (Lipinski definition) is 1. The second kappa shape index (κ2) is 4.31. The van der Waals surface area contributed by atoms with Gasteiger partial charge in [0.1, 0.15) is 5.82 Å². The number of nitrogens with zero attached hydrogens (tertiary/aromatic N) is 3. The molecule has 0 amide bonds. The maximum Gasteiger partial charge on any atom is 0.182 e. The van der Waals surface area contributed by atoms with E-state index in [1.54, 1.807) is 10.7 Å². The minimum atomic E-state index is -0.280. The molecule has 0 saturated heterocycles. The van der Waals surface area contributed by atoms with Gasteiger partial charge in [-0.05, 0) is 30.8 Å². The van der Waals surface area contributed by atoms with Gasteiger partial charge in [0.05, 0.1) is 22.4 Å². The molecule has 19 heavy (non-hydrogen) atoms.